The minimum Gasteiger partial charge on any atom is -0.381 e. The molecular formula is C18H20N2O2. The number of ether oxygens (including phenoxy) is 1. The zero-order chi connectivity index (χ0) is 14.9. The van der Waals surface area contributed by atoms with Crippen molar-refractivity contribution < 1.29 is 9.53 Å². The van der Waals surface area contributed by atoms with Crippen LogP contribution in [-0.2, 0) is 4.74 Å². The summed E-state index contributed by atoms with van der Waals surface area (Å²) >= 11 is 0. The van der Waals surface area contributed by atoms with E-state index >= 15 is 0 Å². The molecule has 0 radical (unpaired) electrons. The fourth-order valence-electron chi connectivity index (χ4n) is 3.12. The third kappa shape index (κ3) is 2.71. The Morgan fingerprint density at radius 1 is 1.18 bits per heavy atom. The summed E-state index contributed by atoms with van der Waals surface area (Å²) in [7, 11) is 0. The van der Waals surface area contributed by atoms with Crippen molar-refractivity contribution in [3.8, 4) is 0 Å². The Balaban J connectivity index is 1.58. The van der Waals surface area contributed by atoms with E-state index in [2.05, 4.69) is 4.98 Å². The van der Waals surface area contributed by atoms with Gasteiger partial charge in [0.05, 0.1) is 12.1 Å². The number of hydrogen-bond donors (Lipinski definition) is 0. The van der Waals surface area contributed by atoms with Gasteiger partial charge in [-0.1, -0.05) is 24.3 Å². The normalized spacial score (nSPS) is 21.2. The Labute approximate surface area is 130 Å². The van der Waals surface area contributed by atoms with Gasteiger partial charge in [0.2, 0.25) is 0 Å². The topological polar surface area (TPSA) is 42.4 Å². The highest BCUT2D eigenvalue weighted by atomic mass is 16.5. The lowest BCUT2D eigenvalue weighted by molar-refractivity contribution is 0.0700. The van der Waals surface area contributed by atoms with Crippen LogP contribution in [0.1, 0.15) is 29.8 Å². The lowest BCUT2D eigenvalue weighted by Crippen LogP contribution is -2.37. The molecule has 0 unspecified atom stereocenters. The highest BCUT2D eigenvalue weighted by Gasteiger charge is 2.35. The minimum atomic E-state index is 0.0696. The van der Waals surface area contributed by atoms with Crippen molar-refractivity contribution in [3.05, 3.63) is 42.1 Å². The molecule has 1 atom stereocenters. The number of aromatic nitrogens is 1. The molecule has 0 N–H and O–H groups in total. The fraction of sp³-hybridized carbons (Fsp3) is 0.444. The lowest BCUT2D eigenvalue weighted by Gasteiger charge is -2.25. The molecule has 4 rings (SSSR count). The van der Waals surface area contributed by atoms with Crippen LogP contribution in [0.3, 0.4) is 0 Å². The maximum atomic E-state index is 12.9. The Morgan fingerprint density at radius 3 is 2.82 bits per heavy atom. The lowest BCUT2D eigenvalue weighted by atomic mass is 10.1. The summed E-state index contributed by atoms with van der Waals surface area (Å²) in [5.41, 5.74) is 1.44. The summed E-state index contributed by atoms with van der Waals surface area (Å²) in [6, 6.07) is 12.2. The number of carbonyl (C=O) groups is 1. The van der Waals surface area contributed by atoms with Crippen molar-refractivity contribution >= 4 is 16.8 Å². The van der Waals surface area contributed by atoms with Gasteiger partial charge < -0.3 is 9.64 Å². The number of rotatable bonds is 4. The van der Waals surface area contributed by atoms with E-state index < -0.39 is 0 Å². The Hall–Kier alpha value is -1.94. The van der Waals surface area contributed by atoms with Gasteiger partial charge >= 0.3 is 0 Å². The first-order valence-electron chi connectivity index (χ1n) is 8.06. The molecule has 4 nitrogen and oxygen atoms in total. The molecule has 1 saturated carbocycles. The highest BCUT2D eigenvalue weighted by molar-refractivity contribution is 5.95. The second-order valence-corrected chi connectivity index (χ2v) is 6.31. The summed E-state index contributed by atoms with van der Waals surface area (Å²) in [6.07, 6.45) is 3.29. The van der Waals surface area contributed by atoms with E-state index in [9.17, 15) is 4.79 Å². The van der Waals surface area contributed by atoms with Crippen molar-refractivity contribution in [1.82, 2.24) is 9.88 Å². The van der Waals surface area contributed by atoms with Crippen molar-refractivity contribution in [2.45, 2.75) is 25.3 Å². The second kappa shape index (κ2) is 5.69. The smallest absolute Gasteiger partial charge is 0.272 e. The number of benzene rings is 1. The molecule has 2 heterocycles. The molecule has 1 aromatic heterocycles. The number of hydrogen-bond acceptors (Lipinski definition) is 3. The number of fused-ring (bicyclic) bond motifs is 1. The van der Waals surface area contributed by atoms with E-state index in [1.807, 2.05) is 41.3 Å². The SMILES string of the molecule is O=C(c1ccc2ccccc2n1)N(C[C@H]1CCOC1)C1CC1. The first kappa shape index (κ1) is 13.7. The highest BCUT2D eigenvalue weighted by Crippen LogP contribution is 2.30. The van der Waals surface area contributed by atoms with Gasteiger partial charge in [0.1, 0.15) is 5.69 Å². The molecule has 2 aliphatic rings. The molecule has 0 bridgehead atoms. The largest absolute Gasteiger partial charge is 0.381 e. The van der Waals surface area contributed by atoms with Gasteiger partial charge in [0, 0.05) is 30.5 Å². The molecule has 0 spiro atoms. The average molecular weight is 296 g/mol. The average Bonchev–Trinajstić information content (AvgIpc) is 3.27. The van der Waals surface area contributed by atoms with Crippen molar-refractivity contribution in [2.24, 2.45) is 5.92 Å². The first-order chi connectivity index (χ1) is 10.8. The van der Waals surface area contributed by atoms with Crippen LogP contribution in [0.5, 0.6) is 0 Å². The molecule has 2 aromatic rings. The molecule has 1 aliphatic carbocycles. The van der Waals surface area contributed by atoms with Crippen LogP contribution < -0.4 is 0 Å². The van der Waals surface area contributed by atoms with Crippen LogP contribution in [-0.4, -0.2) is 41.6 Å². The number of carbonyl (C=O) groups excluding carboxylic acids is 1. The summed E-state index contributed by atoms with van der Waals surface area (Å²) < 4.78 is 5.45. The van der Waals surface area contributed by atoms with E-state index in [4.69, 9.17) is 4.74 Å². The Bertz CT molecular complexity index is 690. The van der Waals surface area contributed by atoms with Crippen molar-refractivity contribution in [1.29, 1.82) is 0 Å². The third-order valence-electron chi connectivity index (χ3n) is 4.54. The summed E-state index contributed by atoms with van der Waals surface area (Å²) in [5.74, 6) is 0.546. The molecule has 1 saturated heterocycles. The van der Waals surface area contributed by atoms with E-state index in [1.54, 1.807) is 0 Å². The van der Waals surface area contributed by atoms with E-state index in [-0.39, 0.29) is 5.91 Å². The molecule has 22 heavy (non-hydrogen) atoms. The quantitative estimate of drug-likeness (QED) is 0.871. The van der Waals surface area contributed by atoms with E-state index in [0.29, 0.717) is 17.7 Å². The number of nitrogens with zero attached hydrogens (tertiary/aromatic N) is 2. The van der Waals surface area contributed by atoms with Gasteiger partial charge in [-0.15, -0.1) is 0 Å². The Morgan fingerprint density at radius 2 is 2.05 bits per heavy atom. The van der Waals surface area contributed by atoms with Crippen LogP contribution in [0.4, 0.5) is 0 Å². The number of amides is 1. The zero-order valence-electron chi connectivity index (χ0n) is 12.6. The van der Waals surface area contributed by atoms with Crippen LogP contribution >= 0.6 is 0 Å². The van der Waals surface area contributed by atoms with E-state index in [1.165, 1.54) is 0 Å². The van der Waals surface area contributed by atoms with Crippen LogP contribution in [0, 0.1) is 5.92 Å². The van der Waals surface area contributed by atoms with Crippen LogP contribution in [0.25, 0.3) is 10.9 Å². The van der Waals surface area contributed by atoms with Crippen molar-refractivity contribution in [3.63, 3.8) is 0 Å². The molecule has 114 valence electrons. The molecule has 2 fully saturated rings. The van der Waals surface area contributed by atoms with Crippen LogP contribution in [0.15, 0.2) is 36.4 Å². The van der Waals surface area contributed by atoms with Gasteiger partial charge in [0.15, 0.2) is 0 Å². The van der Waals surface area contributed by atoms with Gasteiger partial charge in [-0.2, -0.15) is 0 Å². The monoisotopic (exact) mass is 296 g/mol. The van der Waals surface area contributed by atoms with E-state index in [0.717, 1.165) is 49.9 Å². The van der Waals surface area contributed by atoms with Gasteiger partial charge in [-0.3, -0.25) is 4.79 Å². The zero-order valence-corrected chi connectivity index (χ0v) is 12.6. The third-order valence-corrected chi connectivity index (χ3v) is 4.54. The Kier molecular flexibility index (Phi) is 3.54. The van der Waals surface area contributed by atoms with Gasteiger partial charge in [-0.05, 0) is 31.4 Å². The fourth-order valence-corrected chi connectivity index (χ4v) is 3.12. The predicted molar refractivity (Wildman–Crippen MR) is 84.7 cm³/mol. The standard InChI is InChI=1S/C18H20N2O2/c21-18(17-8-5-14-3-1-2-4-16(14)19-17)20(15-6-7-15)11-13-9-10-22-12-13/h1-5,8,13,15H,6-7,9-12H2/t13-/m1/s1. The number of pyridine rings is 1. The summed E-state index contributed by atoms with van der Waals surface area (Å²) in [4.78, 5) is 19.5. The van der Waals surface area contributed by atoms with Gasteiger partial charge in [-0.25, -0.2) is 4.98 Å². The van der Waals surface area contributed by atoms with Crippen molar-refractivity contribution in [2.75, 3.05) is 19.8 Å². The van der Waals surface area contributed by atoms with Gasteiger partial charge in [0.25, 0.3) is 5.91 Å². The molecule has 1 aliphatic heterocycles. The summed E-state index contributed by atoms with van der Waals surface area (Å²) in [5, 5.41) is 1.07. The number of para-hydroxylation sites is 1. The molecular weight excluding hydrogens is 276 g/mol. The maximum Gasteiger partial charge on any atom is 0.272 e. The second-order valence-electron chi connectivity index (χ2n) is 6.31. The summed E-state index contributed by atoms with van der Waals surface area (Å²) in [6.45, 7) is 2.41. The minimum absolute atomic E-state index is 0.0696. The molecule has 1 amide bonds. The maximum absolute atomic E-state index is 12.9. The predicted octanol–water partition coefficient (Wildman–Crippen LogP) is 2.88. The molecule has 4 heteroatoms. The van der Waals surface area contributed by atoms with Crippen LogP contribution in [0.2, 0.25) is 0 Å². The molecule has 1 aromatic carbocycles. The first-order valence-corrected chi connectivity index (χ1v) is 8.06.